The molecule has 1 nitrogen and oxygen atoms in total. The van der Waals surface area contributed by atoms with Crippen molar-refractivity contribution in [3.8, 4) is 0 Å². The van der Waals surface area contributed by atoms with Gasteiger partial charge in [-0.15, -0.1) is 0 Å². The van der Waals surface area contributed by atoms with Gasteiger partial charge in [-0.25, -0.2) is 0 Å². The second kappa shape index (κ2) is 17.0. The Kier molecular flexibility index (Phi) is 22.4. The van der Waals surface area contributed by atoms with E-state index < -0.39 is 0 Å². The van der Waals surface area contributed by atoms with E-state index in [1.807, 2.05) is 0 Å². The van der Waals surface area contributed by atoms with Gasteiger partial charge in [-0.2, -0.15) is 0 Å². The summed E-state index contributed by atoms with van der Waals surface area (Å²) in [5.74, 6) is 0. The maximum Gasteiger partial charge on any atom is 0.0786 e. The van der Waals surface area contributed by atoms with Crippen LogP contribution >= 0.6 is 0 Å². The number of rotatable bonds is 12. The largest absolute Gasteiger partial charge is 1.00 e. The van der Waals surface area contributed by atoms with Crippen molar-refractivity contribution in [1.82, 2.24) is 0 Å². The van der Waals surface area contributed by atoms with Crippen molar-refractivity contribution in [3.05, 3.63) is 0 Å². The molecular formula is C16H36AuClN. The van der Waals surface area contributed by atoms with Crippen LogP contribution < -0.4 is 12.4 Å². The summed E-state index contributed by atoms with van der Waals surface area (Å²) >= 11 is 0. The van der Waals surface area contributed by atoms with Gasteiger partial charge in [0.2, 0.25) is 0 Å². The van der Waals surface area contributed by atoms with Crippen LogP contribution in [0.3, 0.4) is 0 Å². The van der Waals surface area contributed by atoms with Crippen LogP contribution in [0.2, 0.25) is 0 Å². The van der Waals surface area contributed by atoms with Gasteiger partial charge in [0.05, 0.1) is 26.2 Å². The molecule has 1 radical (unpaired) electrons. The summed E-state index contributed by atoms with van der Waals surface area (Å²) < 4.78 is 1.42. The molecular weight excluding hydrogens is 439 g/mol. The van der Waals surface area contributed by atoms with Gasteiger partial charge < -0.3 is 16.9 Å². The van der Waals surface area contributed by atoms with E-state index >= 15 is 0 Å². The number of halogens is 1. The first-order valence-electron chi connectivity index (χ1n) is 8.09. The van der Waals surface area contributed by atoms with Crippen LogP contribution in [0, 0.1) is 0 Å². The molecule has 0 aromatic heterocycles. The fourth-order valence-electron chi connectivity index (χ4n) is 2.64. The molecule has 0 aliphatic heterocycles. The average molecular weight is 475 g/mol. The third kappa shape index (κ3) is 12.4. The predicted molar refractivity (Wildman–Crippen MR) is 79.4 cm³/mol. The quantitative estimate of drug-likeness (QED) is 0.300. The molecule has 0 heterocycles. The molecule has 3 heteroatoms. The number of hydrogen-bond donors (Lipinski definition) is 0. The van der Waals surface area contributed by atoms with E-state index in [1.54, 1.807) is 0 Å². The van der Waals surface area contributed by atoms with Crippen molar-refractivity contribution < 1.29 is 39.3 Å². The van der Waals surface area contributed by atoms with Gasteiger partial charge in [0.15, 0.2) is 0 Å². The minimum atomic E-state index is 0. The number of quaternary nitrogens is 1. The second-order valence-electron chi connectivity index (χ2n) is 5.65. The van der Waals surface area contributed by atoms with Crippen LogP contribution in [0.25, 0.3) is 0 Å². The number of unbranched alkanes of at least 4 members (excludes halogenated alkanes) is 4. The van der Waals surface area contributed by atoms with E-state index in [9.17, 15) is 0 Å². The summed E-state index contributed by atoms with van der Waals surface area (Å²) in [7, 11) is 0. The first kappa shape index (κ1) is 25.0. The topological polar surface area (TPSA) is 0 Å². The van der Waals surface area contributed by atoms with Crippen LogP contribution in [0.5, 0.6) is 0 Å². The number of nitrogens with zero attached hydrogens (tertiary/aromatic N) is 1. The van der Waals surface area contributed by atoms with Gasteiger partial charge >= 0.3 is 0 Å². The van der Waals surface area contributed by atoms with Crippen LogP contribution in [0.4, 0.5) is 0 Å². The molecule has 0 unspecified atom stereocenters. The SMILES string of the molecule is CCCC[N+](CCCC)(CCCC)CCCC.[Au].[Cl-]. The zero-order valence-electron chi connectivity index (χ0n) is 13.6. The molecule has 19 heavy (non-hydrogen) atoms. The normalized spacial score (nSPS) is 10.7. The molecule has 0 amide bonds. The standard InChI is InChI=1S/C16H36N.Au.ClH/c1-5-9-13-17(14-10-6-2,15-11-7-3)16-12-8-4;;/h5-16H2,1-4H3;;1H/q+1;;/p-1. The first-order valence-corrected chi connectivity index (χ1v) is 8.09. The van der Waals surface area contributed by atoms with Crippen LogP contribution in [0.1, 0.15) is 79.1 Å². The van der Waals surface area contributed by atoms with E-state index in [-0.39, 0.29) is 34.8 Å². The van der Waals surface area contributed by atoms with Crippen molar-refractivity contribution >= 4 is 0 Å². The van der Waals surface area contributed by atoms with Gasteiger partial charge in [-0.1, -0.05) is 53.4 Å². The maximum atomic E-state index is 2.33. The Morgan fingerprint density at radius 2 is 0.737 bits per heavy atom. The fourth-order valence-corrected chi connectivity index (χ4v) is 2.64. The van der Waals surface area contributed by atoms with E-state index in [0.717, 1.165) is 0 Å². The van der Waals surface area contributed by atoms with Gasteiger partial charge in [0.1, 0.15) is 0 Å². The molecule has 0 spiro atoms. The third-order valence-corrected chi connectivity index (χ3v) is 3.94. The molecule has 0 atom stereocenters. The van der Waals surface area contributed by atoms with Gasteiger partial charge in [0.25, 0.3) is 0 Å². The first-order chi connectivity index (χ1) is 8.24. The van der Waals surface area contributed by atoms with Crippen molar-refractivity contribution in [2.24, 2.45) is 0 Å². The molecule has 0 aromatic rings. The van der Waals surface area contributed by atoms with Gasteiger partial charge in [-0.05, 0) is 25.7 Å². The van der Waals surface area contributed by atoms with Crippen LogP contribution in [-0.4, -0.2) is 30.7 Å². The Morgan fingerprint density at radius 3 is 0.895 bits per heavy atom. The molecule has 0 bridgehead atoms. The summed E-state index contributed by atoms with van der Waals surface area (Å²) in [6.45, 7) is 15.0. The molecule has 0 aliphatic carbocycles. The zero-order valence-corrected chi connectivity index (χ0v) is 16.5. The van der Waals surface area contributed by atoms with E-state index in [2.05, 4.69) is 27.7 Å². The molecule has 123 valence electrons. The van der Waals surface area contributed by atoms with Gasteiger partial charge in [-0.3, -0.25) is 0 Å². The van der Waals surface area contributed by atoms with Crippen LogP contribution in [-0.2, 0) is 22.4 Å². The number of hydrogen-bond acceptors (Lipinski definition) is 0. The third-order valence-electron chi connectivity index (χ3n) is 3.94. The van der Waals surface area contributed by atoms with Crippen LogP contribution in [0.15, 0.2) is 0 Å². The monoisotopic (exact) mass is 474 g/mol. The summed E-state index contributed by atoms with van der Waals surface area (Å²) in [6, 6.07) is 0. The molecule has 0 saturated carbocycles. The molecule has 0 saturated heterocycles. The summed E-state index contributed by atoms with van der Waals surface area (Å²) in [5, 5.41) is 0. The van der Waals surface area contributed by atoms with Crippen molar-refractivity contribution in [2.75, 3.05) is 26.2 Å². The van der Waals surface area contributed by atoms with E-state index in [1.165, 1.54) is 82.0 Å². The summed E-state index contributed by atoms with van der Waals surface area (Å²) in [4.78, 5) is 0. The minimum Gasteiger partial charge on any atom is -1.00 e. The molecule has 0 N–H and O–H groups in total. The maximum absolute atomic E-state index is 2.33. The van der Waals surface area contributed by atoms with E-state index in [0.29, 0.717) is 0 Å². The molecule has 0 rings (SSSR count). The molecule has 0 fully saturated rings. The second-order valence-corrected chi connectivity index (χ2v) is 5.65. The zero-order chi connectivity index (χ0) is 13.0. The smallest absolute Gasteiger partial charge is 0.0786 e. The molecule has 0 aromatic carbocycles. The van der Waals surface area contributed by atoms with Crippen molar-refractivity contribution in [2.45, 2.75) is 79.1 Å². The Morgan fingerprint density at radius 1 is 0.526 bits per heavy atom. The molecule has 0 aliphatic rings. The summed E-state index contributed by atoms with van der Waals surface area (Å²) in [5.41, 5.74) is 0. The minimum absolute atomic E-state index is 0. The Bertz CT molecular complexity index is 127. The summed E-state index contributed by atoms with van der Waals surface area (Å²) in [6.07, 6.45) is 11.1. The Labute approximate surface area is 144 Å². The fraction of sp³-hybridized carbons (Fsp3) is 1.00. The van der Waals surface area contributed by atoms with Crippen molar-refractivity contribution in [3.63, 3.8) is 0 Å². The Balaban J connectivity index is -0.00000128. The Hall–Kier alpha value is 0.990. The predicted octanol–water partition coefficient (Wildman–Crippen LogP) is 2.01. The van der Waals surface area contributed by atoms with E-state index in [4.69, 9.17) is 0 Å². The average Bonchev–Trinajstić information content (AvgIpc) is 2.37. The van der Waals surface area contributed by atoms with Crippen molar-refractivity contribution in [1.29, 1.82) is 0 Å². The van der Waals surface area contributed by atoms with Gasteiger partial charge in [0, 0.05) is 22.4 Å².